The number of benzene rings is 2. The lowest BCUT2D eigenvalue weighted by molar-refractivity contribution is -0.137. The van der Waals surface area contributed by atoms with E-state index < -0.39 is 33.2 Å². The molecule has 0 aliphatic rings. The summed E-state index contributed by atoms with van der Waals surface area (Å²) in [4.78, 5) is 27.0. The largest absolute Gasteiger partial charge is 0.416 e. The maximum atomic E-state index is 13.2. The van der Waals surface area contributed by atoms with E-state index in [-0.39, 0.29) is 35.1 Å². The van der Waals surface area contributed by atoms with Crippen LogP contribution in [0.4, 0.5) is 18.9 Å². The number of rotatable bonds is 8. The SMILES string of the molecule is CC(C)N(C(=O)Cn1cc(S(=O)(=O)CC(=O)Nc2cccc(C(F)(F)F)c2)c2ccccc21)C(C)C. The van der Waals surface area contributed by atoms with Crippen LogP contribution in [-0.2, 0) is 32.1 Å². The fraction of sp³-hybridized carbons (Fsp3) is 0.360. The molecule has 3 aromatic rings. The summed E-state index contributed by atoms with van der Waals surface area (Å²) in [6.45, 7) is 7.48. The molecule has 0 saturated heterocycles. The third-order valence-corrected chi connectivity index (χ3v) is 7.23. The van der Waals surface area contributed by atoms with E-state index in [0.29, 0.717) is 10.9 Å². The van der Waals surface area contributed by atoms with Gasteiger partial charge >= 0.3 is 6.18 Å². The number of hydrogen-bond donors (Lipinski definition) is 1. The summed E-state index contributed by atoms with van der Waals surface area (Å²) in [5, 5.41) is 2.57. The van der Waals surface area contributed by atoms with Crippen molar-refractivity contribution in [3.05, 3.63) is 60.3 Å². The summed E-state index contributed by atoms with van der Waals surface area (Å²) in [5.41, 5.74) is -0.622. The second kappa shape index (κ2) is 10.3. The minimum Gasteiger partial charge on any atom is -0.337 e. The Kier molecular flexibility index (Phi) is 7.82. The number of nitrogens with zero attached hydrogens (tertiary/aromatic N) is 2. The van der Waals surface area contributed by atoms with Crippen molar-refractivity contribution < 1.29 is 31.2 Å². The molecule has 194 valence electrons. The molecular formula is C25H28F3N3O4S. The molecule has 1 aromatic heterocycles. The van der Waals surface area contributed by atoms with Crippen LogP contribution in [-0.4, -0.2) is 47.5 Å². The van der Waals surface area contributed by atoms with E-state index in [9.17, 15) is 31.2 Å². The second-order valence-corrected chi connectivity index (χ2v) is 11.0. The van der Waals surface area contributed by atoms with Gasteiger partial charge in [-0.25, -0.2) is 8.42 Å². The number of alkyl halides is 3. The number of carbonyl (C=O) groups excluding carboxylic acids is 2. The summed E-state index contributed by atoms with van der Waals surface area (Å²) in [5.74, 6) is -2.14. The van der Waals surface area contributed by atoms with Crippen LogP contribution < -0.4 is 5.32 Å². The molecule has 0 fully saturated rings. The van der Waals surface area contributed by atoms with Crippen molar-refractivity contribution in [2.24, 2.45) is 0 Å². The monoisotopic (exact) mass is 523 g/mol. The number of halogens is 3. The first-order valence-electron chi connectivity index (χ1n) is 11.3. The summed E-state index contributed by atoms with van der Waals surface area (Å²) in [6.07, 6.45) is -3.28. The average Bonchev–Trinajstić information content (AvgIpc) is 3.12. The highest BCUT2D eigenvalue weighted by Gasteiger charge is 2.31. The standard InChI is InChI=1S/C25H28F3N3O4S/c1-16(2)31(17(3)4)24(33)14-30-13-22(20-10-5-6-11-21(20)30)36(34,35)15-23(32)29-19-9-7-8-18(12-19)25(26,27)28/h5-13,16-17H,14-15H2,1-4H3,(H,29,32). The van der Waals surface area contributed by atoms with Gasteiger partial charge in [0.15, 0.2) is 9.84 Å². The molecule has 1 heterocycles. The fourth-order valence-electron chi connectivity index (χ4n) is 4.21. The molecule has 0 saturated carbocycles. The van der Waals surface area contributed by atoms with E-state index in [2.05, 4.69) is 5.32 Å². The van der Waals surface area contributed by atoms with E-state index in [4.69, 9.17) is 0 Å². The highest BCUT2D eigenvalue weighted by atomic mass is 32.2. The Morgan fingerprint density at radius 1 is 1.00 bits per heavy atom. The summed E-state index contributed by atoms with van der Waals surface area (Å²) in [7, 11) is -4.19. The zero-order valence-electron chi connectivity index (χ0n) is 20.3. The first-order valence-corrected chi connectivity index (χ1v) is 12.9. The lowest BCUT2D eigenvalue weighted by Crippen LogP contribution is -2.43. The summed E-state index contributed by atoms with van der Waals surface area (Å²) in [6, 6.07) is 10.5. The van der Waals surface area contributed by atoms with E-state index in [1.807, 2.05) is 27.7 Å². The topological polar surface area (TPSA) is 88.5 Å². The minimum absolute atomic E-state index is 0.0536. The van der Waals surface area contributed by atoms with Crippen LogP contribution in [0.5, 0.6) is 0 Å². The molecular weight excluding hydrogens is 495 g/mol. The van der Waals surface area contributed by atoms with Crippen molar-refractivity contribution in [3.63, 3.8) is 0 Å². The normalized spacial score (nSPS) is 12.4. The summed E-state index contributed by atoms with van der Waals surface area (Å²) >= 11 is 0. The first-order chi connectivity index (χ1) is 16.7. The van der Waals surface area contributed by atoms with Crippen LogP contribution in [0.25, 0.3) is 10.9 Å². The zero-order chi connectivity index (χ0) is 26.8. The molecule has 0 atom stereocenters. The summed E-state index contributed by atoms with van der Waals surface area (Å²) < 4.78 is 66.7. The molecule has 36 heavy (non-hydrogen) atoms. The van der Waals surface area contributed by atoms with Crippen molar-refractivity contribution in [1.29, 1.82) is 0 Å². The number of amides is 2. The van der Waals surface area contributed by atoms with Gasteiger partial charge in [-0.1, -0.05) is 24.3 Å². The zero-order valence-corrected chi connectivity index (χ0v) is 21.2. The molecule has 1 N–H and O–H groups in total. The van der Waals surface area contributed by atoms with E-state index in [1.54, 1.807) is 29.2 Å². The number of para-hydroxylation sites is 1. The van der Waals surface area contributed by atoms with Crippen LogP contribution in [0.3, 0.4) is 0 Å². The maximum absolute atomic E-state index is 13.2. The third kappa shape index (κ3) is 6.07. The van der Waals surface area contributed by atoms with Crippen molar-refractivity contribution in [1.82, 2.24) is 9.47 Å². The van der Waals surface area contributed by atoms with Crippen molar-refractivity contribution in [3.8, 4) is 0 Å². The van der Waals surface area contributed by atoms with Crippen molar-refractivity contribution in [2.45, 2.75) is 57.4 Å². The number of fused-ring (bicyclic) bond motifs is 1. The van der Waals surface area contributed by atoms with E-state index in [1.165, 1.54) is 16.8 Å². The van der Waals surface area contributed by atoms with Crippen LogP contribution >= 0.6 is 0 Å². The molecule has 0 unspecified atom stereocenters. The Hall–Kier alpha value is -3.34. The fourth-order valence-corrected chi connectivity index (χ4v) is 5.58. The predicted molar refractivity (Wildman–Crippen MR) is 131 cm³/mol. The molecule has 0 aliphatic heterocycles. The van der Waals surface area contributed by atoms with Gasteiger partial charge in [0.2, 0.25) is 11.8 Å². The van der Waals surface area contributed by atoms with Crippen LogP contribution in [0, 0.1) is 0 Å². The number of anilines is 1. The molecule has 7 nitrogen and oxygen atoms in total. The quantitative estimate of drug-likeness (QED) is 0.463. The molecule has 2 aromatic carbocycles. The van der Waals surface area contributed by atoms with E-state index >= 15 is 0 Å². The van der Waals surface area contributed by atoms with Crippen LogP contribution in [0.2, 0.25) is 0 Å². The lowest BCUT2D eigenvalue weighted by Gasteiger charge is -2.31. The Morgan fingerprint density at radius 2 is 1.64 bits per heavy atom. The third-order valence-electron chi connectivity index (χ3n) is 5.59. The maximum Gasteiger partial charge on any atom is 0.416 e. The number of nitrogens with one attached hydrogen (secondary N) is 1. The minimum atomic E-state index is -4.60. The smallest absolute Gasteiger partial charge is 0.337 e. The van der Waals surface area contributed by atoms with Gasteiger partial charge < -0.3 is 14.8 Å². The molecule has 0 bridgehead atoms. The number of aromatic nitrogens is 1. The van der Waals surface area contributed by atoms with Gasteiger partial charge in [-0.15, -0.1) is 0 Å². The Labute approximate surface area is 207 Å². The van der Waals surface area contributed by atoms with Crippen molar-refractivity contribution in [2.75, 3.05) is 11.1 Å². The van der Waals surface area contributed by atoms with Gasteiger partial charge in [0.1, 0.15) is 12.3 Å². The second-order valence-electron chi connectivity index (χ2n) is 9.01. The highest BCUT2D eigenvalue weighted by Crippen LogP contribution is 2.31. The van der Waals surface area contributed by atoms with Gasteiger partial charge in [0.05, 0.1) is 10.5 Å². The highest BCUT2D eigenvalue weighted by molar-refractivity contribution is 7.92. The van der Waals surface area contributed by atoms with Crippen LogP contribution in [0.1, 0.15) is 33.3 Å². The first kappa shape index (κ1) is 27.3. The Morgan fingerprint density at radius 3 is 2.25 bits per heavy atom. The number of hydrogen-bond acceptors (Lipinski definition) is 4. The van der Waals surface area contributed by atoms with Gasteiger partial charge in [0, 0.05) is 34.9 Å². The Bertz CT molecular complexity index is 1370. The van der Waals surface area contributed by atoms with Gasteiger partial charge in [-0.3, -0.25) is 9.59 Å². The van der Waals surface area contributed by atoms with Crippen LogP contribution in [0.15, 0.2) is 59.6 Å². The molecule has 0 aliphatic carbocycles. The number of sulfone groups is 1. The van der Waals surface area contributed by atoms with Gasteiger partial charge in [0.25, 0.3) is 0 Å². The number of carbonyl (C=O) groups is 2. The molecule has 3 rings (SSSR count). The molecule has 0 spiro atoms. The molecule has 11 heteroatoms. The Balaban J connectivity index is 1.88. The predicted octanol–water partition coefficient (Wildman–Crippen LogP) is 4.72. The van der Waals surface area contributed by atoms with Crippen molar-refractivity contribution >= 4 is 38.2 Å². The molecule has 0 radical (unpaired) electrons. The molecule has 2 amide bonds. The van der Waals surface area contributed by atoms with Gasteiger partial charge in [-0.05, 0) is 52.0 Å². The lowest BCUT2D eigenvalue weighted by atomic mass is 10.2. The average molecular weight is 524 g/mol. The van der Waals surface area contributed by atoms with E-state index in [0.717, 1.165) is 18.2 Å². The van der Waals surface area contributed by atoms with Gasteiger partial charge in [-0.2, -0.15) is 13.2 Å².